The standard InChI is InChI=1S/C21H14ClN3O5S/c22-15-6-9-19(18(11-15)21(27)28)24-20(26)14-4-7-17(8-5-14)31(29,30)25-16-3-1-2-13(10-16)12-23/h1-11,25H,(H,24,26)(H,27,28). The second-order valence-corrected chi connectivity index (χ2v) is 8.39. The van der Waals surface area contributed by atoms with Crippen molar-refractivity contribution in [1.29, 1.82) is 5.26 Å². The molecule has 0 aliphatic heterocycles. The normalized spacial score (nSPS) is 10.7. The zero-order valence-electron chi connectivity index (χ0n) is 15.7. The smallest absolute Gasteiger partial charge is 0.337 e. The number of nitrogens with zero attached hydrogens (tertiary/aromatic N) is 1. The summed E-state index contributed by atoms with van der Waals surface area (Å²) in [6.45, 7) is 0. The highest BCUT2D eigenvalue weighted by Gasteiger charge is 2.17. The second kappa shape index (κ2) is 8.87. The molecule has 3 aromatic rings. The van der Waals surface area contributed by atoms with Gasteiger partial charge < -0.3 is 10.4 Å². The molecule has 10 heteroatoms. The fourth-order valence-corrected chi connectivity index (χ4v) is 3.87. The number of aromatic carboxylic acids is 1. The molecule has 3 N–H and O–H groups in total. The maximum atomic E-state index is 12.6. The summed E-state index contributed by atoms with van der Waals surface area (Å²) in [5.74, 6) is -1.88. The van der Waals surface area contributed by atoms with Crippen molar-refractivity contribution >= 4 is 44.9 Å². The van der Waals surface area contributed by atoms with Gasteiger partial charge in [-0.2, -0.15) is 5.26 Å². The number of carboxylic acids is 1. The molecule has 8 nitrogen and oxygen atoms in total. The summed E-state index contributed by atoms with van der Waals surface area (Å²) < 4.78 is 27.5. The van der Waals surface area contributed by atoms with Gasteiger partial charge in [0.05, 0.1) is 33.5 Å². The van der Waals surface area contributed by atoms with Crippen molar-refractivity contribution in [2.45, 2.75) is 4.90 Å². The van der Waals surface area contributed by atoms with Gasteiger partial charge in [0.2, 0.25) is 0 Å². The van der Waals surface area contributed by atoms with Gasteiger partial charge in [-0.3, -0.25) is 9.52 Å². The molecule has 0 atom stereocenters. The van der Waals surface area contributed by atoms with E-state index < -0.39 is 21.9 Å². The number of hydrogen-bond donors (Lipinski definition) is 3. The lowest BCUT2D eigenvalue weighted by Crippen LogP contribution is -2.16. The molecule has 0 saturated carbocycles. The van der Waals surface area contributed by atoms with E-state index in [0.29, 0.717) is 5.56 Å². The van der Waals surface area contributed by atoms with Crippen molar-refractivity contribution in [2.24, 2.45) is 0 Å². The van der Waals surface area contributed by atoms with E-state index in [1.54, 1.807) is 12.1 Å². The van der Waals surface area contributed by atoms with Gasteiger partial charge in [0.1, 0.15) is 0 Å². The molecule has 1 amide bonds. The van der Waals surface area contributed by atoms with E-state index >= 15 is 0 Å². The summed E-state index contributed by atoms with van der Waals surface area (Å²) in [5.41, 5.74) is 0.526. The summed E-state index contributed by atoms with van der Waals surface area (Å²) >= 11 is 5.79. The number of hydrogen-bond acceptors (Lipinski definition) is 5. The molecule has 0 radical (unpaired) electrons. The van der Waals surface area contributed by atoms with E-state index in [1.165, 1.54) is 54.6 Å². The molecule has 0 aromatic heterocycles. The van der Waals surface area contributed by atoms with Crippen LogP contribution in [0.1, 0.15) is 26.3 Å². The lowest BCUT2D eigenvalue weighted by molar-refractivity contribution is 0.0698. The maximum absolute atomic E-state index is 12.6. The van der Waals surface area contributed by atoms with Gasteiger partial charge in [-0.05, 0) is 60.7 Å². The van der Waals surface area contributed by atoms with Crippen LogP contribution in [0.25, 0.3) is 0 Å². The van der Waals surface area contributed by atoms with Crippen LogP contribution in [-0.4, -0.2) is 25.4 Å². The van der Waals surface area contributed by atoms with E-state index in [1.807, 2.05) is 6.07 Å². The zero-order valence-corrected chi connectivity index (χ0v) is 17.2. The van der Waals surface area contributed by atoms with Crippen LogP contribution in [0.15, 0.2) is 71.6 Å². The Morgan fingerprint density at radius 2 is 1.71 bits per heavy atom. The average Bonchev–Trinajstić information content (AvgIpc) is 2.74. The number of carbonyl (C=O) groups is 2. The molecule has 0 aliphatic carbocycles. The van der Waals surface area contributed by atoms with Gasteiger partial charge in [-0.25, -0.2) is 13.2 Å². The number of carbonyl (C=O) groups excluding carboxylic acids is 1. The highest BCUT2D eigenvalue weighted by atomic mass is 35.5. The van der Waals surface area contributed by atoms with E-state index in [2.05, 4.69) is 10.0 Å². The summed E-state index contributed by atoms with van der Waals surface area (Å²) in [5, 5.41) is 20.9. The first-order chi connectivity index (χ1) is 14.7. The van der Waals surface area contributed by atoms with Crippen molar-refractivity contribution in [1.82, 2.24) is 0 Å². The van der Waals surface area contributed by atoms with Crippen molar-refractivity contribution in [2.75, 3.05) is 10.0 Å². The summed E-state index contributed by atoms with van der Waals surface area (Å²) in [4.78, 5) is 23.7. The Balaban J connectivity index is 1.79. The van der Waals surface area contributed by atoms with Gasteiger partial charge in [0.25, 0.3) is 15.9 Å². The Kier molecular flexibility index (Phi) is 6.25. The molecule has 0 spiro atoms. The van der Waals surface area contributed by atoms with E-state index in [4.69, 9.17) is 16.9 Å². The minimum absolute atomic E-state index is 0.0534. The number of benzene rings is 3. The molecule has 0 unspecified atom stereocenters. The topological polar surface area (TPSA) is 136 Å². The number of nitrogens with one attached hydrogen (secondary N) is 2. The van der Waals surface area contributed by atoms with Crippen molar-refractivity contribution < 1.29 is 23.1 Å². The molecule has 3 aromatic carbocycles. The Labute approximate surface area is 182 Å². The monoisotopic (exact) mass is 455 g/mol. The molecule has 3 rings (SSSR count). The van der Waals surface area contributed by atoms with Crippen LogP contribution in [0.5, 0.6) is 0 Å². The fraction of sp³-hybridized carbons (Fsp3) is 0. The maximum Gasteiger partial charge on any atom is 0.337 e. The highest BCUT2D eigenvalue weighted by Crippen LogP contribution is 2.22. The first-order valence-electron chi connectivity index (χ1n) is 8.67. The number of anilines is 2. The summed E-state index contributed by atoms with van der Waals surface area (Å²) in [6, 6.07) is 17.0. The Morgan fingerprint density at radius 3 is 2.35 bits per heavy atom. The average molecular weight is 456 g/mol. The largest absolute Gasteiger partial charge is 0.478 e. The second-order valence-electron chi connectivity index (χ2n) is 6.27. The summed E-state index contributed by atoms with van der Waals surface area (Å²) in [7, 11) is -3.95. The quantitative estimate of drug-likeness (QED) is 0.514. The molecular formula is C21H14ClN3O5S. The van der Waals surface area contributed by atoms with Crippen molar-refractivity contribution in [3.05, 3.63) is 88.4 Å². The lowest BCUT2D eigenvalue weighted by atomic mass is 10.1. The molecule has 0 fully saturated rings. The predicted molar refractivity (Wildman–Crippen MR) is 115 cm³/mol. The van der Waals surface area contributed by atoms with Crippen LogP contribution in [0.4, 0.5) is 11.4 Å². The number of sulfonamides is 1. The molecule has 31 heavy (non-hydrogen) atoms. The summed E-state index contributed by atoms with van der Waals surface area (Å²) in [6.07, 6.45) is 0. The van der Waals surface area contributed by atoms with Crippen LogP contribution in [-0.2, 0) is 10.0 Å². The minimum Gasteiger partial charge on any atom is -0.478 e. The predicted octanol–water partition coefficient (Wildman–Crippen LogP) is 3.96. The molecular weight excluding hydrogens is 442 g/mol. The molecule has 0 saturated heterocycles. The Hall–Kier alpha value is -3.87. The first-order valence-corrected chi connectivity index (χ1v) is 10.5. The van der Waals surface area contributed by atoms with Crippen molar-refractivity contribution in [3.8, 4) is 6.07 Å². The number of nitriles is 1. The fourth-order valence-electron chi connectivity index (χ4n) is 2.65. The lowest BCUT2D eigenvalue weighted by Gasteiger charge is -2.11. The number of rotatable bonds is 6. The van der Waals surface area contributed by atoms with Crippen LogP contribution in [0.3, 0.4) is 0 Å². The van der Waals surface area contributed by atoms with Crippen LogP contribution in [0.2, 0.25) is 5.02 Å². The first kappa shape index (κ1) is 21.8. The molecule has 156 valence electrons. The third-order valence-corrected chi connectivity index (χ3v) is 5.76. The third kappa shape index (κ3) is 5.19. The molecule has 0 bridgehead atoms. The molecule has 0 aliphatic rings. The van der Waals surface area contributed by atoms with Gasteiger partial charge in [0, 0.05) is 10.6 Å². The van der Waals surface area contributed by atoms with Gasteiger partial charge in [0.15, 0.2) is 0 Å². The number of carboxylic acid groups (broad SMARTS) is 1. The molecule has 0 heterocycles. The highest BCUT2D eigenvalue weighted by molar-refractivity contribution is 7.92. The van der Waals surface area contributed by atoms with Crippen molar-refractivity contribution in [3.63, 3.8) is 0 Å². The van der Waals surface area contributed by atoms with Gasteiger partial charge >= 0.3 is 5.97 Å². The third-order valence-electron chi connectivity index (χ3n) is 4.13. The Bertz CT molecular complexity index is 1320. The minimum atomic E-state index is -3.95. The van der Waals surface area contributed by atoms with E-state index in [0.717, 1.165) is 0 Å². The van der Waals surface area contributed by atoms with Crippen LogP contribution in [0, 0.1) is 11.3 Å². The van der Waals surface area contributed by atoms with Crippen LogP contribution < -0.4 is 10.0 Å². The SMILES string of the molecule is N#Cc1cccc(NS(=O)(=O)c2ccc(C(=O)Nc3ccc(Cl)cc3C(=O)O)cc2)c1. The van der Waals surface area contributed by atoms with Gasteiger partial charge in [-0.1, -0.05) is 17.7 Å². The van der Waals surface area contributed by atoms with Crippen LogP contribution >= 0.6 is 11.6 Å². The van der Waals surface area contributed by atoms with Gasteiger partial charge in [-0.15, -0.1) is 0 Å². The number of amides is 1. The zero-order chi connectivity index (χ0) is 22.6. The number of halogens is 1. The van der Waals surface area contributed by atoms with E-state index in [9.17, 15) is 23.1 Å². The van der Waals surface area contributed by atoms with E-state index in [-0.39, 0.29) is 32.4 Å². The Morgan fingerprint density at radius 1 is 1.00 bits per heavy atom.